The summed E-state index contributed by atoms with van der Waals surface area (Å²) in [7, 11) is 1.52. The summed E-state index contributed by atoms with van der Waals surface area (Å²) in [6.45, 7) is 1.91. The Labute approximate surface area is 113 Å². The van der Waals surface area contributed by atoms with Gasteiger partial charge in [-0.2, -0.15) is 5.10 Å². The molecule has 0 radical (unpaired) electrons. The number of urea groups is 1. The Balaban J connectivity index is 2.00. The van der Waals surface area contributed by atoms with Crippen LogP contribution in [0.3, 0.4) is 0 Å². The molecule has 0 fully saturated rings. The van der Waals surface area contributed by atoms with Crippen molar-refractivity contribution in [2.24, 2.45) is 0 Å². The van der Waals surface area contributed by atoms with E-state index in [4.69, 9.17) is 0 Å². The maximum Gasteiger partial charge on any atom is 0.322 e. The summed E-state index contributed by atoms with van der Waals surface area (Å²) in [5.74, 6) is -0.455. The number of rotatable bonds is 3. The summed E-state index contributed by atoms with van der Waals surface area (Å²) in [6, 6.07) is 2.39. The molecule has 0 aliphatic rings. The number of nitrogens with zero attached hydrogens (tertiary/aromatic N) is 3. The zero-order valence-electron chi connectivity index (χ0n) is 10.9. The van der Waals surface area contributed by atoms with Gasteiger partial charge in [0.05, 0.1) is 12.2 Å². The smallest absolute Gasteiger partial charge is 0.320 e. The number of aromatic amines is 1. The molecule has 1 aromatic carbocycles. The van der Waals surface area contributed by atoms with E-state index in [0.717, 1.165) is 12.1 Å². The minimum Gasteiger partial charge on any atom is -0.320 e. The van der Waals surface area contributed by atoms with Gasteiger partial charge in [-0.15, -0.1) is 0 Å². The average Bonchev–Trinajstić information content (AvgIpc) is 2.78. The Hall–Kier alpha value is -2.51. The molecular weight excluding hydrogens is 268 g/mol. The molecule has 6 nitrogen and oxygen atoms in total. The van der Waals surface area contributed by atoms with Crippen LogP contribution in [-0.4, -0.2) is 33.2 Å². The first-order valence-corrected chi connectivity index (χ1v) is 5.81. The van der Waals surface area contributed by atoms with Gasteiger partial charge in [-0.1, -0.05) is 0 Å². The molecule has 2 amide bonds. The van der Waals surface area contributed by atoms with Crippen molar-refractivity contribution in [3.8, 4) is 0 Å². The maximum atomic E-state index is 13.4. The van der Waals surface area contributed by atoms with Gasteiger partial charge in [0.15, 0.2) is 5.82 Å². The van der Waals surface area contributed by atoms with E-state index in [9.17, 15) is 13.6 Å². The first kappa shape index (κ1) is 13.9. The van der Waals surface area contributed by atoms with Crippen molar-refractivity contribution in [3.05, 3.63) is 41.5 Å². The van der Waals surface area contributed by atoms with E-state index in [2.05, 4.69) is 20.5 Å². The normalized spacial score (nSPS) is 10.4. The Morgan fingerprint density at radius 3 is 2.80 bits per heavy atom. The van der Waals surface area contributed by atoms with E-state index >= 15 is 0 Å². The highest BCUT2D eigenvalue weighted by Gasteiger charge is 2.14. The van der Waals surface area contributed by atoms with Gasteiger partial charge in [-0.25, -0.2) is 18.6 Å². The van der Waals surface area contributed by atoms with Crippen molar-refractivity contribution < 1.29 is 13.6 Å². The van der Waals surface area contributed by atoms with Crippen LogP contribution in [-0.2, 0) is 6.54 Å². The van der Waals surface area contributed by atoms with Crippen LogP contribution in [0.2, 0.25) is 0 Å². The lowest BCUT2D eigenvalue weighted by molar-refractivity contribution is 0.219. The standard InChI is InChI=1S/C12H13F2N5O/c1-7-15-11(18-17-7)6-19(2)12(20)16-10-4-3-8(13)5-9(10)14/h3-5H,6H2,1-2H3,(H,16,20)(H,15,17,18). The number of aromatic nitrogens is 3. The van der Waals surface area contributed by atoms with Gasteiger partial charge < -0.3 is 10.2 Å². The molecule has 1 aromatic heterocycles. The van der Waals surface area contributed by atoms with E-state index in [1.807, 2.05) is 0 Å². The number of carbonyl (C=O) groups excluding carboxylic acids is 1. The third kappa shape index (κ3) is 3.28. The third-order valence-electron chi connectivity index (χ3n) is 2.54. The van der Waals surface area contributed by atoms with Crippen molar-refractivity contribution in [1.82, 2.24) is 20.1 Å². The molecule has 0 aliphatic carbocycles. The van der Waals surface area contributed by atoms with Gasteiger partial charge >= 0.3 is 6.03 Å². The number of benzene rings is 1. The van der Waals surface area contributed by atoms with Crippen molar-refractivity contribution in [2.75, 3.05) is 12.4 Å². The van der Waals surface area contributed by atoms with E-state index < -0.39 is 17.7 Å². The molecular formula is C12H13F2N5O. The lowest BCUT2D eigenvalue weighted by Gasteiger charge is -2.16. The van der Waals surface area contributed by atoms with Crippen LogP contribution in [0.1, 0.15) is 11.6 Å². The Bertz CT molecular complexity index is 628. The fraction of sp³-hybridized carbons (Fsp3) is 0.250. The number of H-pyrrole nitrogens is 1. The second-order valence-electron chi connectivity index (χ2n) is 4.25. The van der Waals surface area contributed by atoms with Crippen molar-refractivity contribution in [1.29, 1.82) is 0 Å². The fourth-order valence-electron chi connectivity index (χ4n) is 1.55. The van der Waals surface area contributed by atoms with E-state index in [0.29, 0.717) is 17.7 Å². The van der Waals surface area contributed by atoms with Crippen molar-refractivity contribution >= 4 is 11.7 Å². The fourth-order valence-corrected chi connectivity index (χ4v) is 1.55. The van der Waals surface area contributed by atoms with Gasteiger partial charge in [0.1, 0.15) is 17.5 Å². The summed E-state index contributed by atoms with van der Waals surface area (Å²) in [5, 5.41) is 8.89. The minimum absolute atomic E-state index is 0.0885. The lowest BCUT2D eigenvalue weighted by atomic mass is 10.3. The highest BCUT2D eigenvalue weighted by atomic mass is 19.1. The number of nitrogens with one attached hydrogen (secondary N) is 2. The molecule has 2 aromatic rings. The summed E-state index contributed by atoms with van der Waals surface area (Å²) >= 11 is 0. The number of hydrogen-bond acceptors (Lipinski definition) is 3. The molecule has 106 valence electrons. The molecule has 2 rings (SSSR count). The van der Waals surface area contributed by atoms with Gasteiger partial charge in [0.25, 0.3) is 0 Å². The number of aryl methyl sites for hydroxylation is 1. The molecule has 0 atom stereocenters. The number of amides is 2. The molecule has 0 saturated heterocycles. The lowest BCUT2D eigenvalue weighted by Crippen LogP contribution is -2.31. The highest BCUT2D eigenvalue weighted by Crippen LogP contribution is 2.15. The van der Waals surface area contributed by atoms with E-state index in [-0.39, 0.29) is 12.2 Å². The predicted molar refractivity (Wildman–Crippen MR) is 68.0 cm³/mol. The van der Waals surface area contributed by atoms with Crippen LogP contribution < -0.4 is 5.32 Å². The van der Waals surface area contributed by atoms with Crippen LogP contribution in [0.25, 0.3) is 0 Å². The first-order chi connectivity index (χ1) is 9.45. The average molecular weight is 281 g/mol. The van der Waals surface area contributed by atoms with Crippen LogP contribution in [0.4, 0.5) is 19.3 Å². The second-order valence-corrected chi connectivity index (χ2v) is 4.25. The summed E-state index contributed by atoms with van der Waals surface area (Å²) in [4.78, 5) is 17.2. The quantitative estimate of drug-likeness (QED) is 0.904. The zero-order chi connectivity index (χ0) is 14.7. The molecule has 1 heterocycles. The monoisotopic (exact) mass is 281 g/mol. The predicted octanol–water partition coefficient (Wildman–Crippen LogP) is 2.06. The SMILES string of the molecule is Cc1nc(CN(C)C(=O)Nc2ccc(F)cc2F)n[nH]1. The van der Waals surface area contributed by atoms with Crippen LogP contribution in [0, 0.1) is 18.6 Å². The van der Waals surface area contributed by atoms with Crippen LogP contribution >= 0.6 is 0 Å². The molecule has 20 heavy (non-hydrogen) atoms. The molecule has 0 aliphatic heterocycles. The zero-order valence-corrected chi connectivity index (χ0v) is 10.9. The molecule has 0 saturated carbocycles. The van der Waals surface area contributed by atoms with Crippen molar-refractivity contribution in [2.45, 2.75) is 13.5 Å². The Morgan fingerprint density at radius 1 is 1.45 bits per heavy atom. The van der Waals surface area contributed by atoms with Crippen molar-refractivity contribution in [3.63, 3.8) is 0 Å². The van der Waals surface area contributed by atoms with Gasteiger partial charge in [0, 0.05) is 13.1 Å². The number of halogens is 2. The number of hydrogen-bond donors (Lipinski definition) is 2. The third-order valence-corrected chi connectivity index (χ3v) is 2.54. The molecule has 0 bridgehead atoms. The van der Waals surface area contributed by atoms with Gasteiger partial charge in [-0.3, -0.25) is 5.10 Å². The van der Waals surface area contributed by atoms with E-state index in [1.54, 1.807) is 6.92 Å². The Morgan fingerprint density at radius 2 is 2.20 bits per heavy atom. The molecule has 0 spiro atoms. The van der Waals surface area contributed by atoms with E-state index in [1.165, 1.54) is 11.9 Å². The number of carbonyl (C=O) groups is 1. The first-order valence-electron chi connectivity index (χ1n) is 5.81. The largest absolute Gasteiger partial charge is 0.322 e. The topological polar surface area (TPSA) is 73.9 Å². The highest BCUT2D eigenvalue weighted by molar-refractivity contribution is 5.89. The van der Waals surface area contributed by atoms with Crippen LogP contribution in [0.5, 0.6) is 0 Å². The molecule has 8 heteroatoms. The molecule has 2 N–H and O–H groups in total. The Kier molecular flexibility index (Phi) is 3.92. The second kappa shape index (κ2) is 5.64. The molecule has 0 unspecified atom stereocenters. The minimum atomic E-state index is -0.833. The number of anilines is 1. The maximum absolute atomic E-state index is 13.4. The van der Waals surface area contributed by atoms with Gasteiger partial charge in [-0.05, 0) is 19.1 Å². The van der Waals surface area contributed by atoms with Crippen LogP contribution in [0.15, 0.2) is 18.2 Å². The summed E-state index contributed by atoms with van der Waals surface area (Å²) in [5.41, 5.74) is -0.0885. The summed E-state index contributed by atoms with van der Waals surface area (Å²) in [6.07, 6.45) is 0. The van der Waals surface area contributed by atoms with Gasteiger partial charge in [0.2, 0.25) is 0 Å². The summed E-state index contributed by atoms with van der Waals surface area (Å²) < 4.78 is 26.2.